The van der Waals surface area contributed by atoms with Gasteiger partial charge in [-0.1, -0.05) is 38.0 Å². The van der Waals surface area contributed by atoms with Gasteiger partial charge in [0.2, 0.25) is 0 Å². The number of benzene rings is 1. The van der Waals surface area contributed by atoms with E-state index in [1.54, 1.807) is 0 Å². The highest BCUT2D eigenvalue weighted by Crippen LogP contribution is 2.26. The lowest BCUT2D eigenvalue weighted by molar-refractivity contribution is 0.150. The Labute approximate surface area is 186 Å². The van der Waals surface area contributed by atoms with Crippen molar-refractivity contribution in [2.75, 3.05) is 26.7 Å². The number of hydrogen-bond acceptors (Lipinski definition) is 3. The van der Waals surface area contributed by atoms with Crippen molar-refractivity contribution in [1.29, 1.82) is 0 Å². The fraction of sp³-hybridized carbons (Fsp3) is 0.667. The van der Waals surface area contributed by atoms with E-state index >= 15 is 0 Å². The maximum Gasteiger partial charge on any atom is 0.191 e. The lowest BCUT2D eigenvalue weighted by Gasteiger charge is -2.36. The number of piperidine rings is 1. The standard InChI is InChI=1S/C21H34N4S.HI/c1-17(26-20-10-4-3-5-11-20)16-23-21(22-2)24-18-12-14-25(15-13-18)19-8-6-7-9-19;/h3-5,10-11,17-19H,6-9,12-16H2,1-2H3,(H2,22,23,24);1H. The molecule has 2 aliphatic rings. The van der Waals surface area contributed by atoms with Gasteiger partial charge in [0.1, 0.15) is 0 Å². The fourth-order valence-electron chi connectivity index (χ4n) is 4.08. The summed E-state index contributed by atoms with van der Waals surface area (Å²) < 4.78 is 0. The van der Waals surface area contributed by atoms with E-state index < -0.39 is 0 Å². The van der Waals surface area contributed by atoms with Crippen LogP contribution in [0.4, 0.5) is 0 Å². The molecule has 2 N–H and O–H groups in total. The topological polar surface area (TPSA) is 39.7 Å². The SMILES string of the molecule is CN=C(NCC(C)Sc1ccccc1)NC1CCN(C2CCCC2)CC1.I. The van der Waals surface area contributed by atoms with Crippen LogP contribution in [0.25, 0.3) is 0 Å². The summed E-state index contributed by atoms with van der Waals surface area (Å²) in [5.41, 5.74) is 0. The van der Waals surface area contributed by atoms with Gasteiger partial charge in [0.05, 0.1) is 0 Å². The van der Waals surface area contributed by atoms with Gasteiger partial charge in [-0.25, -0.2) is 0 Å². The summed E-state index contributed by atoms with van der Waals surface area (Å²) in [4.78, 5) is 8.47. The Bertz CT molecular complexity index is 555. The predicted molar refractivity (Wildman–Crippen MR) is 129 cm³/mol. The summed E-state index contributed by atoms with van der Waals surface area (Å²) in [7, 11) is 1.87. The molecular formula is C21H35IN4S. The van der Waals surface area contributed by atoms with Crippen LogP contribution in [0, 0.1) is 0 Å². The molecule has 3 rings (SSSR count). The van der Waals surface area contributed by atoms with E-state index in [9.17, 15) is 0 Å². The molecule has 1 aromatic carbocycles. The van der Waals surface area contributed by atoms with Crippen molar-refractivity contribution in [2.24, 2.45) is 4.99 Å². The molecule has 1 heterocycles. The van der Waals surface area contributed by atoms with Crippen molar-refractivity contribution in [3.8, 4) is 0 Å². The zero-order chi connectivity index (χ0) is 18.2. The number of nitrogens with zero attached hydrogens (tertiary/aromatic N) is 2. The smallest absolute Gasteiger partial charge is 0.191 e. The Balaban J connectivity index is 0.00000261. The number of rotatable bonds is 6. The summed E-state index contributed by atoms with van der Waals surface area (Å²) in [5, 5.41) is 7.65. The minimum absolute atomic E-state index is 0. The van der Waals surface area contributed by atoms with Crippen LogP contribution >= 0.6 is 35.7 Å². The molecule has 27 heavy (non-hydrogen) atoms. The fourth-order valence-corrected chi connectivity index (χ4v) is 5.03. The minimum Gasteiger partial charge on any atom is -0.355 e. The van der Waals surface area contributed by atoms with Crippen LogP contribution in [0.2, 0.25) is 0 Å². The molecule has 1 atom stereocenters. The van der Waals surface area contributed by atoms with E-state index in [2.05, 4.69) is 57.8 Å². The van der Waals surface area contributed by atoms with Gasteiger partial charge in [-0.05, 0) is 37.8 Å². The highest BCUT2D eigenvalue weighted by Gasteiger charge is 2.27. The second-order valence-electron chi connectivity index (χ2n) is 7.59. The summed E-state index contributed by atoms with van der Waals surface area (Å²) in [5.74, 6) is 0.949. The van der Waals surface area contributed by atoms with Crippen LogP contribution in [0.15, 0.2) is 40.2 Å². The third-order valence-corrected chi connectivity index (χ3v) is 6.69. The number of nitrogens with one attached hydrogen (secondary N) is 2. The van der Waals surface area contributed by atoms with Crippen molar-refractivity contribution in [1.82, 2.24) is 15.5 Å². The van der Waals surface area contributed by atoms with Crippen LogP contribution in [0.1, 0.15) is 45.4 Å². The van der Waals surface area contributed by atoms with E-state index in [0.717, 1.165) is 18.5 Å². The van der Waals surface area contributed by atoms with Gasteiger partial charge in [-0.3, -0.25) is 4.99 Å². The summed E-state index contributed by atoms with van der Waals surface area (Å²) in [6.07, 6.45) is 8.14. The lowest BCUT2D eigenvalue weighted by atomic mass is 10.0. The largest absolute Gasteiger partial charge is 0.355 e. The zero-order valence-electron chi connectivity index (χ0n) is 16.7. The molecule has 1 saturated carbocycles. The van der Waals surface area contributed by atoms with Crippen LogP contribution in [0.3, 0.4) is 0 Å². The molecule has 6 heteroatoms. The van der Waals surface area contributed by atoms with Gasteiger partial charge in [-0.2, -0.15) is 0 Å². The molecule has 1 aliphatic heterocycles. The van der Waals surface area contributed by atoms with Crippen LogP contribution < -0.4 is 10.6 Å². The van der Waals surface area contributed by atoms with E-state index in [0.29, 0.717) is 11.3 Å². The van der Waals surface area contributed by atoms with E-state index in [-0.39, 0.29) is 24.0 Å². The third-order valence-electron chi connectivity index (χ3n) is 5.57. The van der Waals surface area contributed by atoms with Gasteiger partial charge in [0.25, 0.3) is 0 Å². The minimum atomic E-state index is 0. The number of thioether (sulfide) groups is 1. The molecule has 0 aromatic heterocycles. The van der Waals surface area contributed by atoms with Crippen molar-refractivity contribution in [3.63, 3.8) is 0 Å². The maximum atomic E-state index is 4.43. The highest BCUT2D eigenvalue weighted by atomic mass is 127. The van der Waals surface area contributed by atoms with E-state index in [1.165, 1.54) is 56.5 Å². The Morgan fingerprint density at radius 2 is 1.81 bits per heavy atom. The first-order valence-corrected chi connectivity index (χ1v) is 11.1. The first-order valence-electron chi connectivity index (χ1n) is 10.2. The summed E-state index contributed by atoms with van der Waals surface area (Å²) in [6.45, 7) is 5.65. The van der Waals surface area contributed by atoms with Gasteiger partial charge in [0.15, 0.2) is 5.96 Å². The van der Waals surface area contributed by atoms with Gasteiger partial charge in [0, 0.05) is 48.9 Å². The number of hydrogen-bond donors (Lipinski definition) is 2. The highest BCUT2D eigenvalue weighted by molar-refractivity contribution is 14.0. The maximum absolute atomic E-state index is 4.43. The number of likely N-dealkylation sites (tertiary alicyclic amines) is 1. The summed E-state index contributed by atoms with van der Waals surface area (Å²) >= 11 is 1.90. The Morgan fingerprint density at radius 1 is 1.15 bits per heavy atom. The van der Waals surface area contributed by atoms with Crippen LogP contribution in [0.5, 0.6) is 0 Å². The normalized spacial score (nSPS) is 20.9. The quantitative estimate of drug-likeness (QED) is 0.263. The molecule has 0 amide bonds. The zero-order valence-corrected chi connectivity index (χ0v) is 19.8. The van der Waals surface area contributed by atoms with Crippen molar-refractivity contribution >= 4 is 41.7 Å². The molecule has 4 nitrogen and oxygen atoms in total. The first kappa shape index (κ1) is 22.8. The second kappa shape index (κ2) is 12.2. The first-order chi connectivity index (χ1) is 12.7. The Morgan fingerprint density at radius 3 is 2.44 bits per heavy atom. The van der Waals surface area contributed by atoms with Crippen molar-refractivity contribution in [3.05, 3.63) is 30.3 Å². The predicted octanol–water partition coefficient (Wildman–Crippen LogP) is 4.36. The molecule has 1 aliphatic carbocycles. The molecule has 1 unspecified atom stereocenters. The molecule has 152 valence electrons. The molecule has 0 spiro atoms. The van der Waals surface area contributed by atoms with E-state index in [4.69, 9.17) is 0 Å². The average molecular weight is 503 g/mol. The molecule has 0 bridgehead atoms. The number of halogens is 1. The molecule has 1 saturated heterocycles. The Hall–Kier alpha value is -0.470. The molecule has 1 aromatic rings. The average Bonchev–Trinajstić information content (AvgIpc) is 3.21. The van der Waals surface area contributed by atoms with Gasteiger partial charge >= 0.3 is 0 Å². The van der Waals surface area contributed by atoms with Crippen LogP contribution in [-0.4, -0.2) is 54.9 Å². The molecular weight excluding hydrogens is 467 g/mol. The van der Waals surface area contributed by atoms with Crippen molar-refractivity contribution < 1.29 is 0 Å². The lowest BCUT2D eigenvalue weighted by Crippen LogP contribution is -2.50. The van der Waals surface area contributed by atoms with Gasteiger partial charge < -0.3 is 15.5 Å². The molecule has 0 radical (unpaired) electrons. The van der Waals surface area contributed by atoms with Gasteiger partial charge in [-0.15, -0.1) is 35.7 Å². The number of aliphatic imine (C=N–C) groups is 1. The summed E-state index contributed by atoms with van der Waals surface area (Å²) in [6, 6.07) is 12.0. The monoisotopic (exact) mass is 502 g/mol. The van der Waals surface area contributed by atoms with Crippen LogP contribution in [-0.2, 0) is 0 Å². The Kier molecular flexibility index (Phi) is 10.3. The van der Waals surface area contributed by atoms with E-state index in [1.807, 2.05) is 18.8 Å². The molecule has 2 fully saturated rings. The third kappa shape index (κ3) is 7.46. The van der Waals surface area contributed by atoms with Crippen molar-refractivity contribution in [2.45, 2.75) is 67.7 Å². The number of guanidine groups is 1. The second-order valence-corrected chi connectivity index (χ2v) is 9.10.